The van der Waals surface area contributed by atoms with Crippen molar-refractivity contribution < 1.29 is 17.9 Å². The van der Waals surface area contributed by atoms with Crippen molar-refractivity contribution in [3.05, 3.63) is 113 Å². The van der Waals surface area contributed by atoms with Crippen LogP contribution < -0.4 is 4.74 Å². The summed E-state index contributed by atoms with van der Waals surface area (Å²) in [6.45, 7) is 2.17. The molecule has 0 heterocycles. The first kappa shape index (κ1) is 25.3. The van der Waals surface area contributed by atoms with E-state index in [1.165, 1.54) is 31.6 Å². The van der Waals surface area contributed by atoms with Gasteiger partial charge in [-0.3, -0.25) is 0 Å². The Labute approximate surface area is 210 Å². The van der Waals surface area contributed by atoms with Gasteiger partial charge < -0.3 is 4.74 Å². The number of unbranched alkanes of at least 4 members (excludes halogenated alkanes) is 2. The van der Waals surface area contributed by atoms with Gasteiger partial charge in [-0.25, -0.2) is 13.2 Å². The number of hydrogen-bond acceptors (Lipinski definition) is 1. The van der Waals surface area contributed by atoms with Crippen molar-refractivity contribution in [1.82, 2.24) is 0 Å². The first-order chi connectivity index (χ1) is 17.5. The SMILES string of the molecule is CCCCCc1ccc(-c2ccc(-c3ccc(C=Cc4ccc(OC)c(F)c4)cc3)c(F)c2F)cc1. The van der Waals surface area contributed by atoms with E-state index in [4.69, 9.17) is 4.74 Å². The minimum atomic E-state index is -0.864. The number of ether oxygens (including phenoxy) is 1. The van der Waals surface area contributed by atoms with E-state index >= 15 is 8.78 Å². The summed E-state index contributed by atoms with van der Waals surface area (Å²) in [5.74, 6) is -1.96. The molecule has 184 valence electrons. The number of aryl methyl sites for hydroxylation is 1. The minimum absolute atomic E-state index is 0.191. The third-order valence-corrected chi connectivity index (χ3v) is 6.28. The molecule has 0 atom stereocenters. The molecule has 0 bridgehead atoms. The average molecular weight is 487 g/mol. The van der Waals surface area contributed by atoms with Crippen molar-refractivity contribution >= 4 is 12.2 Å². The molecule has 0 fully saturated rings. The molecule has 0 aliphatic carbocycles. The number of rotatable bonds is 9. The van der Waals surface area contributed by atoms with E-state index in [1.54, 1.807) is 42.5 Å². The fourth-order valence-corrected chi connectivity index (χ4v) is 4.18. The van der Waals surface area contributed by atoms with Gasteiger partial charge in [-0.15, -0.1) is 0 Å². The average Bonchev–Trinajstić information content (AvgIpc) is 2.90. The summed E-state index contributed by atoms with van der Waals surface area (Å²) < 4.78 is 48.9. The van der Waals surface area contributed by atoms with Crippen molar-refractivity contribution in [2.24, 2.45) is 0 Å². The highest BCUT2D eigenvalue weighted by Gasteiger charge is 2.16. The second-order valence-corrected chi connectivity index (χ2v) is 8.79. The molecule has 4 rings (SSSR count). The topological polar surface area (TPSA) is 9.23 Å². The molecule has 0 saturated heterocycles. The van der Waals surface area contributed by atoms with Gasteiger partial charge >= 0.3 is 0 Å². The Balaban J connectivity index is 1.50. The van der Waals surface area contributed by atoms with Crippen LogP contribution in [0.2, 0.25) is 0 Å². The fourth-order valence-electron chi connectivity index (χ4n) is 4.18. The number of benzene rings is 4. The first-order valence-corrected chi connectivity index (χ1v) is 12.2. The van der Waals surface area contributed by atoms with E-state index in [1.807, 2.05) is 42.5 Å². The summed E-state index contributed by atoms with van der Waals surface area (Å²) >= 11 is 0. The van der Waals surface area contributed by atoms with Crippen LogP contribution in [-0.4, -0.2) is 7.11 Å². The Bertz CT molecular complexity index is 1340. The molecule has 0 amide bonds. The molecule has 1 nitrogen and oxygen atoms in total. The summed E-state index contributed by atoms with van der Waals surface area (Å²) in [7, 11) is 1.42. The lowest BCUT2D eigenvalue weighted by molar-refractivity contribution is 0.386. The molecule has 0 saturated carbocycles. The van der Waals surface area contributed by atoms with Crippen LogP contribution >= 0.6 is 0 Å². The lowest BCUT2D eigenvalue weighted by atomic mass is 9.97. The molecule has 4 aromatic rings. The van der Waals surface area contributed by atoms with Crippen LogP contribution in [0, 0.1) is 17.5 Å². The van der Waals surface area contributed by atoms with Crippen molar-refractivity contribution in [2.75, 3.05) is 7.11 Å². The van der Waals surface area contributed by atoms with Crippen LogP contribution in [-0.2, 0) is 6.42 Å². The first-order valence-electron chi connectivity index (χ1n) is 12.2. The normalized spacial score (nSPS) is 11.2. The van der Waals surface area contributed by atoms with Crippen LogP contribution in [0.3, 0.4) is 0 Å². The molecule has 0 aromatic heterocycles. The maximum Gasteiger partial charge on any atom is 0.167 e. The molecule has 4 aromatic carbocycles. The molecule has 0 aliphatic rings. The largest absolute Gasteiger partial charge is 0.494 e. The van der Waals surface area contributed by atoms with Crippen LogP contribution in [0.4, 0.5) is 13.2 Å². The highest BCUT2D eigenvalue weighted by atomic mass is 19.2. The van der Waals surface area contributed by atoms with E-state index in [-0.39, 0.29) is 16.9 Å². The predicted octanol–water partition coefficient (Wildman–Crippen LogP) is 9.35. The standard InChI is InChI=1S/C32H29F3O/c1-3-4-5-6-22-9-14-25(15-10-22)27-18-19-28(32(35)31(27)34)26-16-11-23(12-17-26)7-8-24-13-20-30(36-2)29(33)21-24/h7-21H,3-6H2,1-2H3. The molecule has 4 heteroatoms. The smallest absolute Gasteiger partial charge is 0.167 e. The second-order valence-electron chi connectivity index (χ2n) is 8.79. The highest BCUT2D eigenvalue weighted by Crippen LogP contribution is 2.32. The van der Waals surface area contributed by atoms with Crippen molar-refractivity contribution in [3.8, 4) is 28.0 Å². The maximum atomic E-state index is 15.1. The number of halogens is 3. The Morgan fingerprint density at radius 1 is 0.667 bits per heavy atom. The summed E-state index contributed by atoms with van der Waals surface area (Å²) in [6.07, 6.45) is 8.08. The Kier molecular flexibility index (Phi) is 8.27. The van der Waals surface area contributed by atoms with E-state index in [0.717, 1.165) is 18.4 Å². The van der Waals surface area contributed by atoms with Crippen molar-refractivity contribution in [1.29, 1.82) is 0 Å². The Morgan fingerprint density at radius 2 is 1.22 bits per heavy atom. The fraction of sp³-hybridized carbons (Fsp3) is 0.188. The van der Waals surface area contributed by atoms with Gasteiger partial charge in [0.15, 0.2) is 23.2 Å². The molecular weight excluding hydrogens is 457 g/mol. The summed E-state index contributed by atoms with van der Waals surface area (Å²) in [4.78, 5) is 0. The Morgan fingerprint density at radius 3 is 1.78 bits per heavy atom. The van der Waals surface area contributed by atoms with Crippen LogP contribution in [0.1, 0.15) is 42.9 Å². The maximum absolute atomic E-state index is 15.1. The van der Waals surface area contributed by atoms with E-state index < -0.39 is 17.5 Å². The minimum Gasteiger partial charge on any atom is -0.494 e. The zero-order valence-corrected chi connectivity index (χ0v) is 20.5. The van der Waals surface area contributed by atoms with E-state index in [0.29, 0.717) is 16.7 Å². The Hall–Kier alpha value is -3.79. The van der Waals surface area contributed by atoms with Crippen LogP contribution in [0.5, 0.6) is 5.75 Å². The molecule has 0 radical (unpaired) electrons. The molecule has 0 N–H and O–H groups in total. The molecule has 36 heavy (non-hydrogen) atoms. The third kappa shape index (κ3) is 5.88. The molecule has 0 spiro atoms. The molecule has 0 unspecified atom stereocenters. The van der Waals surface area contributed by atoms with Crippen LogP contribution in [0.15, 0.2) is 78.9 Å². The lowest BCUT2D eigenvalue weighted by Gasteiger charge is -2.10. The van der Waals surface area contributed by atoms with Gasteiger partial charge in [0.05, 0.1) is 7.11 Å². The zero-order chi connectivity index (χ0) is 25.5. The summed E-state index contributed by atoms with van der Waals surface area (Å²) in [6, 6.07) is 22.8. The van der Waals surface area contributed by atoms with Crippen molar-refractivity contribution in [2.45, 2.75) is 32.6 Å². The van der Waals surface area contributed by atoms with Gasteiger partial charge in [0, 0.05) is 11.1 Å². The molecular formula is C32H29F3O. The predicted molar refractivity (Wildman–Crippen MR) is 142 cm³/mol. The van der Waals surface area contributed by atoms with Gasteiger partial charge in [0.2, 0.25) is 0 Å². The van der Waals surface area contributed by atoms with E-state index in [9.17, 15) is 4.39 Å². The summed E-state index contributed by atoms with van der Waals surface area (Å²) in [5.41, 5.74) is 4.45. The van der Waals surface area contributed by atoms with Gasteiger partial charge in [-0.1, -0.05) is 98.6 Å². The quantitative estimate of drug-likeness (QED) is 0.169. The van der Waals surface area contributed by atoms with Gasteiger partial charge in [-0.05, 0) is 52.8 Å². The number of methoxy groups -OCH3 is 1. The second kappa shape index (κ2) is 11.8. The van der Waals surface area contributed by atoms with Gasteiger partial charge in [-0.2, -0.15) is 0 Å². The van der Waals surface area contributed by atoms with Crippen LogP contribution in [0.25, 0.3) is 34.4 Å². The van der Waals surface area contributed by atoms with E-state index in [2.05, 4.69) is 6.92 Å². The van der Waals surface area contributed by atoms with Gasteiger partial charge in [0.25, 0.3) is 0 Å². The lowest BCUT2D eigenvalue weighted by Crippen LogP contribution is -1.94. The third-order valence-electron chi connectivity index (χ3n) is 6.28. The highest BCUT2D eigenvalue weighted by molar-refractivity contribution is 5.74. The summed E-state index contributed by atoms with van der Waals surface area (Å²) in [5, 5.41) is 0. The zero-order valence-electron chi connectivity index (χ0n) is 20.5. The monoisotopic (exact) mass is 486 g/mol. The number of hydrogen-bond donors (Lipinski definition) is 0. The van der Waals surface area contributed by atoms with Crippen molar-refractivity contribution in [3.63, 3.8) is 0 Å². The van der Waals surface area contributed by atoms with Gasteiger partial charge in [0.1, 0.15) is 0 Å². The molecule has 0 aliphatic heterocycles.